The summed E-state index contributed by atoms with van der Waals surface area (Å²) in [6, 6.07) is 17.5. The lowest BCUT2D eigenvalue weighted by molar-refractivity contribution is 0.102. The third-order valence-electron chi connectivity index (χ3n) is 5.32. The fourth-order valence-electron chi connectivity index (χ4n) is 3.74. The zero-order valence-electron chi connectivity index (χ0n) is 15.4. The summed E-state index contributed by atoms with van der Waals surface area (Å²) in [7, 11) is 0. The van der Waals surface area contributed by atoms with Gasteiger partial charge in [-0.3, -0.25) is 9.78 Å². The maximum absolute atomic E-state index is 12.5. The molecule has 1 saturated carbocycles. The number of pyridine rings is 1. The molecule has 0 unspecified atom stereocenters. The van der Waals surface area contributed by atoms with Gasteiger partial charge in [-0.2, -0.15) is 0 Å². The number of rotatable bonds is 5. The highest BCUT2D eigenvalue weighted by molar-refractivity contribution is 6.05. The van der Waals surface area contributed by atoms with Crippen molar-refractivity contribution in [2.45, 2.75) is 32.1 Å². The number of hydrogen-bond acceptors (Lipinski definition) is 3. The highest BCUT2D eigenvalue weighted by Crippen LogP contribution is 2.24. The van der Waals surface area contributed by atoms with Crippen LogP contribution in [-0.2, 0) is 0 Å². The summed E-state index contributed by atoms with van der Waals surface area (Å²) in [5.41, 5.74) is 3.35. The quantitative estimate of drug-likeness (QED) is 0.634. The molecule has 0 radical (unpaired) electrons. The van der Waals surface area contributed by atoms with Crippen molar-refractivity contribution in [3.63, 3.8) is 0 Å². The molecule has 27 heavy (non-hydrogen) atoms. The van der Waals surface area contributed by atoms with Crippen molar-refractivity contribution in [3.8, 4) is 0 Å². The van der Waals surface area contributed by atoms with Crippen molar-refractivity contribution < 1.29 is 4.79 Å². The number of benzene rings is 2. The van der Waals surface area contributed by atoms with E-state index in [-0.39, 0.29) is 5.91 Å². The second-order valence-corrected chi connectivity index (χ2v) is 7.33. The minimum Gasteiger partial charge on any atom is -0.385 e. The third-order valence-corrected chi connectivity index (χ3v) is 5.32. The molecule has 0 saturated heterocycles. The van der Waals surface area contributed by atoms with Gasteiger partial charge in [-0.25, -0.2) is 0 Å². The molecule has 0 atom stereocenters. The average Bonchev–Trinajstić information content (AvgIpc) is 2.73. The smallest absolute Gasteiger partial charge is 0.255 e. The van der Waals surface area contributed by atoms with E-state index in [0.29, 0.717) is 11.3 Å². The van der Waals surface area contributed by atoms with E-state index in [1.54, 1.807) is 6.20 Å². The van der Waals surface area contributed by atoms with E-state index in [9.17, 15) is 4.79 Å². The number of carbonyl (C=O) groups is 1. The van der Waals surface area contributed by atoms with Crippen LogP contribution in [0.25, 0.3) is 10.9 Å². The molecule has 1 heterocycles. The Morgan fingerprint density at radius 2 is 1.74 bits per heavy atom. The van der Waals surface area contributed by atoms with Gasteiger partial charge in [-0.1, -0.05) is 37.5 Å². The molecule has 1 aliphatic rings. The van der Waals surface area contributed by atoms with E-state index in [1.165, 1.54) is 32.1 Å². The molecular weight excluding hydrogens is 334 g/mol. The van der Waals surface area contributed by atoms with E-state index in [1.807, 2.05) is 54.6 Å². The molecule has 4 rings (SSSR count). The zero-order chi connectivity index (χ0) is 18.5. The van der Waals surface area contributed by atoms with Gasteiger partial charge in [-0.05, 0) is 55.2 Å². The molecular formula is C23H25N3O. The predicted octanol–water partition coefficient (Wildman–Crippen LogP) is 5.48. The molecule has 2 aromatic carbocycles. The Hall–Kier alpha value is -2.88. The molecule has 138 valence electrons. The molecule has 2 N–H and O–H groups in total. The largest absolute Gasteiger partial charge is 0.385 e. The van der Waals surface area contributed by atoms with Crippen LogP contribution in [0.2, 0.25) is 0 Å². The third kappa shape index (κ3) is 4.45. The Labute approximate surface area is 160 Å². The van der Waals surface area contributed by atoms with E-state index >= 15 is 0 Å². The van der Waals surface area contributed by atoms with Crippen LogP contribution in [-0.4, -0.2) is 17.4 Å². The number of aromatic nitrogens is 1. The normalized spacial score (nSPS) is 14.8. The molecule has 1 aromatic heterocycles. The number of nitrogens with one attached hydrogen (secondary N) is 2. The maximum Gasteiger partial charge on any atom is 0.255 e. The summed E-state index contributed by atoms with van der Waals surface area (Å²) in [6.07, 6.45) is 8.44. The second-order valence-electron chi connectivity index (χ2n) is 7.33. The number of nitrogens with zero attached hydrogens (tertiary/aromatic N) is 1. The lowest BCUT2D eigenvalue weighted by Gasteiger charge is -2.22. The van der Waals surface area contributed by atoms with E-state index in [0.717, 1.165) is 29.1 Å². The van der Waals surface area contributed by atoms with Crippen LogP contribution in [0.5, 0.6) is 0 Å². The molecule has 1 amide bonds. The zero-order valence-corrected chi connectivity index (χ0v) is 15.4. The standard InChI is InChI=1S/C23H25N3O/c27-23(26-21-14-19-8-4-5-9-22(19)25-16-21)18-10-12-20(13-11-18)24-15-17-6-2-1-3-7-17/h4-5,8-14,16-17,24H,1-3,6-7,15H2,(H,26,27). The van der Waals surface area contributed by atoms with Crippen molar-refractivity contribution in [1.82, 2.24) is 4.98 Å². The van der Waals surface area contributed by atoms with E-state index < -0.39 is 0 Å². The van der Waals surface area contributed by atoms with Gasteiger partial charge in [0.05, 0.1) is 17.4 Å². The molecule has 0 bridgehead atoms. The van der Waals surface area contributed by atoms with Crippen LogP contribution < -0.4 is 10.6 Å². The van der Waals surface area contributed by atoms with Gasteiger partial charge in [0, 0.05) is 23.2 Å². The van der Waals surface area contributed by atoms with E-state index in [2.05, 4.69) is 15.6 Å². The van der Waals surface area contributed by atoms with Gasteiger partial charge in [0.1, 0.15) is 0 Å². The van der Waals surface area contributed by atoms with Crippen LogP contribution >= 0.6 is 0 Å². The molecule has 1 fully saturated rings. The molecule has 4 nitrogen and oxygen atoms in total. The summed E-state index contributed by atoms with van der Waals surface area (Å²) in [6.45, 7) is 1.02. The molecule has 3 aromatic rings. The lowest BCUT2D eigenvalue weighted by atomic mass is 9.89. The Kier molecular flexibility index (Phi) is 5.33. The summed E-state index contributed by atoms with van der Waals surface area (Å²) in [5.74, 6) is 0.660. The number of hydrogen-bond donors (Lipinski definition) is 2. The topological polar surface area (TPSA) is 54.0 Å². The Balaban J connectivity index is 1.36. The first-order valence-corrected chi connectivity index (χ1v) is 9.78. The van der Waals surface area contributed by atoms with Crippen LogP contribution in [0, 0.1) is 5.92 Å². The van der Waals surface area contributed by atoms with Gasteiger partial charge < -0.3 is 10.6 Å². The highest BCUT2D eigenvalue weighted by Gasteiger charge is 2.13. The molecule has 4 heteroatoms. The molecule has 1 aliphatic carbocycles. The lowest BCUT2D eigenvalue weighted by Crippen LogP contribution is -2.17. The monoisotopic (exact) mass is 359 g/mol. The van der Waals surface area contributed by atoms with Crippen LogP contribution in [0.1, 0.15) is 42.5 Å². The first-order valence-electron chi connectivity index (χ1n) is 9.78. The van der Waals surface area contributed by atoms with Gasteiger partial charge in [0.15, 0.2) is 0 Å². The van der Waals surface area contributed by atoms with Crippen molar-refractivity contribution in [1.29, 1.82) is 0 Å². The number of para-hydroxylation sites is 1. The molecule has 0 spiro atoms. The van der Waals surface area contributed by atoms with Crippen LogP contribution in [0.4, 0.5) is 11.4 Å². The predicted molar refractivity (Wildman–Crippen MR) is 111 cm³/mol. The minimum absolute atomic E-state index is 0.120. The second kappa shape index (κ2) is 8.21. The highest BCUT2D eigenvalue weighted by atomic mass is 16.1. The number of anilines is 2. The number of amides is 1. The van der Waals surface area contributed by atoms with Crippen LogP contribution in [0.15, 0.2) is 60.8 Å². The summed E-state index contributed by atoms with van der Waals surface area (Å²) < 4.78 is 0. The Morgan fingerprint density at radius 3 is 2.56 bits per heavy atom. The molecule has 0 aliphatic heterocycles. The first kappa shape index (κ1) is 17.5. The average molecular weight is 359 g/mol. The van der Waals surface area contributed by atoms with Gasteiger partial charge in [0.25, 0.3) is 5.91 Å². The first-order chi connectivity index (χ1) is 13.3. The van der Waals surface area contributed by atoms with Crippen molar-refractivity contribution in [3.05, 3.63) is 66.4 Å². The maximum atomic E-state index is 12.5. The minimum atomic E-state index is -0.120. The fourth-order valence-corrected chi connectivity index (χ4v) is 3.74. The van der Waals surface area contributed by atoms with Gasteiger partial charge >= 0.3 is 0 Å². The SMILES string of the molecule is O=C(Nc1cnc2ccccc2c1)c1ccc(NCC2CCCCC2)cc1. The van der Waals surface area contributed by atoms with Crippen molar-refractivity contribution >= 4 is 28.2 Å². The van der Waals surface area contributed by atoms with Crippen LogP contribution in [0.3, 0.4) is 0 Å². The van der Waals surface area contributed by atoms with Crippen molar-refractivity contribution in [2.75, 3.05) is 17.2 Å². The summed E-state index contributed by atoms with van der Waals surface area (Å²) >= 11 is 0. The fraction of sp³-hybridized carbons (Fsp3) is 0.304. The number of carbonyl (C=O) groups excluding carboxylic acids is 1. The van der Waals surface area contributed by atoms with Gasteiger partial charge in [-0.15, -0.1) is 0 Å². The van der Waals surface area contributed by atoms with Crippen molar-refractivity contribution in [2.24, 2.45) is 5.92 Å². The summed E-state index contributed by atoms with van der Waals surface area (Å²) in [4.78, 5) is 16.9. The summed E-state index contributed by atoms with van der Waals surface area (Å²) in [5, 5.41) is 7.45. The Morgan fingerprint density at radius 1 is 0.963 bits per heavy atom. The Bertz CT molecular complexity index is 914. The van der Waals surface area contributed by atoms with E-state index in [4.69, 9.17) is 0 Å². The number of fused-ring (bicyclic) bond motifs is 1. The van der Waals surface area contributed by atoms with Gasteiger partial charge in [0.2, 0.25) is 0 Å².